The Bertz CT molecular complexity index is 574. The monoisotopic (exact) mass is 310 g/mol. The fraction of sp³-hybridized carbons (Fsp3) is 0. The summed E-state index contributed by atoms with van der Waals surface area (Å²) < 4.78 is 0. The first-order chi connectivity index (χ1) is 9.08. The van der Waals surface area contributed by atoms with E-state index in [1.807, 2.05) is 30.3 Å². The summed E-state index contributed by atoms with van der Waals surface area (Å²) in [6.45, 7) is 7.21. The Morgan fingerprint density at radius 1 is 0.737 bits per heavy atom. The minimum atomic E-state index is 0.569. The van der Waals surface area contributed by atoms with Crippen LogP contribution in [0.3, 0.4) is 0 Å². The van der Waals surface area contributed by atoms with Crippen molar-refractivity contribution in [3.8, 4) is 0 Å². The summed E-state index contributed by atoms with van der Waals surface area (Å²) >= 11 is 17.1. The molecule has 0 bridgehead atoms. The van der Waals surface area contributed by atoms with Crippen LogP contribution >= 0.6 is 34.8 Å². The second-order valence-corrected chi connectivity index (χ2v) is 4.82. The quantitative estimate of drug-likeness (QED) is 0.584. The maximum atomic E-state index is 5.75. The van der Waals surface area contributed by atoms with E-state index >= 15 is 0 Å². The summed E-state index contributed by atoms with van der Waals surface area (Å²) in [7, 11) is 0. The van der Waals surface area contributed by atoms with E-state index in [0.29, 0.717) is 10.0 Å². The average molecular weight is 312 g/mol. The van der Waals surface area contributed by atoms with Crippen LogP contribution in [-0.4, -0.2) is 0 Å². The molecular weight excluding hydrogens is 299 g/mol. The van der Waals surface area contributed by atoms with E-state index in [1.54, 1.807) is 24.3 Å². The van der Waals surface area contributed by atoms with E-state index in [-0.39, 0.29) is 0 Å². The minimum absolute atomic E-state index is 0.569. The lowest BCUT2D eigenvalue weighted by molar-refractivity contribution is 1.66. The lowest BCUT2D eigenvalue weighted by atomic mass is 10.2. The largest absolute Gasteiger partial charge is 0.0985 e. The van der Waals surface area contributed by atoms with Gasteiger partial charge < -0.3 is 0 Å². The Labute approximate surface area is 128 Å². The summed E-state index contributed by atoms with van der Waals surface area (Å²) in [6.07, 6.45) is 3.46. The first kappa shape index (κ1) is 15.8. The first-order valence-corrected chi connectivity index (χ1v) is 6.66. The Morgan fingerprint density at radius 2 is 1.42 bits per heavy atom. The highest BCUT2D eigenvalue weighted by Crippen LogP contribution is 2.22. The van der Waals surface area contributed by atoms with Crippen LogP contribution in [0.1, 0.15) is 11.1 Å². The fourth-order valence-corrected chi connectivity index (χ4v) is 1.80. The van der Waals surface area contributed by atoms with Crippen molar-refractivity contribution >= 4 is 47.0 Å². The second-order valence-electron chi connectivity index (χ2n) is 3.60. The van der Waals surface area contributed by atoms with Crippen molar-refractivity contribution < 1.29 is 0 Å². The number of benzene rings is 2. The third kappa shape index (κ3) is 5.12. The highest BCUT2D eigenvalue weighted by molar-refractivity contribution is 6.42. The molecule has 0 amide bonds. The van der Waals surface area contributed by atoms with Crippen LogP contribution in [0.4, 0.5) is 0 Å². The zero-order valence-electron chi connectivity index (χ0n) is 10.2. The fourth-order valence-electron chi connectivity index (χ4n) is 1.28. The summed E-state index contributed by atoms with van der Waals surface area (Å²) in [6, 6.07) is 13.0. The van der Waals surface area contributed by atoms with Crippen LogP contribution in [0.2, 0.25) is 15.1 Å². The van der Waals surface area contributed by atoms with Gasteiger partial charge >= 0.3 is 0 Å². The van der Waals surface area contributed by atoms with Gasteiger partial charge in [0.05, 0.1) is 10.0 Å². The molecule has 0 aliphatic rings. The number of hydrogen-bond donors (Lipinski definition) is 0. The lowest BCUT2D eigenvalue weighted by Gasteiger charge is -1.95. The summed E-state index contributed by atoms with van der Waals surface area (Å²) in [5.74, 6) is 0. The SMILES string of the molecule is C=Cc1ccc(Cl)c(Cl)c1.C=Cc1ccccc1Cl. The molecule has 0 radical (unpaired) electrons. The van der Waals surface area contributed by atoms with Gasteiger partial charge in [-0.05, 0) is 29.3 Å². The smallest absolute Gasteiger partial charge is 0.0598 e. The maximum Gasteiger partial charge on any atom is 0.0598 e. The van der Waals surface area contributed by atoms with Gasteiger partial charge in [0.2, 0.25) is 0 Å². The average Bonchev–Trinajstić information content (AvgIpc) is 2.43. The molecule has 0 fully saturated rings. The van der Waals surface area contributed by atoms with Gasteiger partial charge in [0.25, 0.3) is 0 Å². The van der Waals surface area contributed by atoms with Crippen molar-refractivity contribution in [2.75, 3.05) is 0 Å². The van der Waals surface area contributed by atoms with Gasteiger partial charge in [0, 0.05) is 5.02 Å². The Morgan fingerprint density at radius 3 is 1.89 bits per heavy atom. The molecule has 0 atom stereocenters. The van der Waals surface area contributed by atoms with Crippen molar-refractivity contribution in [3.05, 3.63) is 81.8 Å². The molecule has 2 aromatic rings. The third-order valence-corrected chi connectivity index (χ3v) is 3.39. The standard InChI is InChI=1S/C8H6Cl2.C8H7Cl/c1-2-6-3-4-7(9)8(10)5-6;1-2-7-5-3-4-6-8(7)9/h2-5H,1H2;2-6H,1H2. The maximum absolute atomic E-state index is 5.75. The zero-order valence-corrected chi connectivity index (χ0v) is 12.5. The molecule has 0 N–H and O–H groups in total. The van der Waals surface area contributed by atoms with Crippen LogP contribution in [0.5, 0.6) is 0 Å². The highest BCUT2D eigenvalue weighted by Gasteiger charge is 1.94. The molecule has 0 spiro atoms. The molecule has 19 heavy (non-hydrogen) atoms. The van der Waals surface area contributed by atoms with E-state index in [9.17, 15) is 0 Å². The van der Waals surface area contributed by atoms with Crippen molar-refractivity contribution in [2.24, 2.45) is 0 Å². The predicted octanol–water partition coefficient (Wildman–Crippen LogP) is 6.62. The molecule has 2 aromatic carbocycles. The molecule has 0 saturated carbocycles. The topological polar surface area (TPSA) is 0 Å². The van der Waals surface area contributed by atoms with Gasteiger partial charge in [0.1, 0.15) is 0 Å². The van der Waals surface area contributed by atoms with Gasteiger partial charge in [-0.15, -0.1) is 0 Å². The highest BCUT2D eigenvalue weighted by atomic mass is 35.5. The zero-order chi connectivity index (χ0) is 14.3. The van der Waals surface area contributed by atoms with Crippen LogP contribution < -0.4 is 0 Å². The van der Waals surface area contributed by atoms with E-state index < -0.39 is 0 Å². The third-order valence-electron chi connectivity index (χ3n) is 2.30. The lowest BCUT2D eigenvalue weighted by Crippen LogP contribution is -1.71. The van der Waals surface area contributed by atoms with Crippen molar-refractivity contribution in [1.29, 1.82) is 0 Å². The molecule has 98 valence electrons. The molecular formula is C16H13Cl3. The van der Waals surface area contributed by atoms with Crippen molar-refractivity contribution in [2.45, 2.75) is 0 Å². The van der Waals surface area contributed by atoms with Crippen molar-refractivity contribution in [3.63, 3.8) is 0 Å². The number of halogens is 3. The summed E-state index contributed by atoms with van der Waals surface area (Å²) in [5, 5.41) is 1.90. The number of rotatable bonds is 2. The Balaban J connectivity index is 0.000000191. The molecule has 0 unspecified atom stereocenters. The minimum Gasteiger partial charge on any atom is -0.0985 e. The first-order valence-electron chi connectivity index (χ1n) is 5.53. The van der Waals surface area contributed by atoms with Gasteiger partial charge in [-0.2, -0.15) is 0 Å². The molecule has 0 nitrogen and oxygen atoms in total. The summed E-state index contributed by atoms with van der Waals surface area (Å²) in [4.78, 5) is 0. The molecule has 2 rings (SSSR count). The van der Waals surface area contributed by atoms with Crippen LogP contribution in [0.25, 0.3) is 12.2 Å². The normalized spacial score (nSPS) is 9.21. The van der Waals surface area contributed by atoms with Crippen LogP contribution in [-0.2, 0) is 0 Å². The molecule has 0 heterocycles. The van der Waals surface area contributed by atoms with Gasteiger partial charge in [-0.1, -0.05) is 84.4 Å². The molecule has 0 aliphatic heterocycles. The van der Waals surface area contributed by atoms with E-state index in [4.69, 9.17) is 34.8 Å². The van der Waals surface area contributed by atoms with Gasteiger partial charge in [0.15, 0.2) is 0 Å². The molecule has 0 saturated heterocycles. The molecule has 0 aliphatic carbocycles. The van der Waals surface area contributed by atoms with E-state index in [1.165, 1.54) is 0 Å². The van der Waals surface area contributed by atoms with Crippen molar-refractivity contribution in [1.82, 2.24) is 0 Å². The van der Waals surface area contributed by atoms with E-state index in [0.717, 1.165) is 16.1 Å². The van der Waals surface area contributed by atoms with E-state index in [2.05, 4.69) is 13.2 Å². The Kier molecular flexibility index (Phi) is 6.72. The summed E-state index contributed by atoms with van der Waals surface area (Å²) in [5.41, 5.74) is 1.97. The van der Waals surface area contributed by atoms with Crippen LogP contribution in [0.15, 0.2) is 55.6 Å². The van der Waals surface area contributed by atoms with Gasteiger partial charge in [-0.3, -0.25) is 0 Å². The Hall–Kier alpha value is -1.21. The predicted molar refractivity (Wildman–Crippen MR) is 88.1 cm³/mol. The second kappa shape index (κ2) is 8.06. The van der Waals surface area contributed by atoms with Gasteiger partial charge in [-0.25, -0.2) is 0 Å². The van der Waals surface area contributed by atoms with Crippen LogP contribution in [0, 0.1) is 0 Å². The molecule has 0 aromatic heterocycles. The molecule has 3 heteroatoms. The number of hydrogen-bond acceptors (Lipinski definition) is 0.